The second-order valence-corrected chi connectivity index (χ2v) is 8.89. The van der Waals surface area contributed by atoms with Gasteiger partial charge in [0.25, 0.3) is 0 Å². The number of halogens is 2. The molecule has 1 atom stereocenters. The molecule has 0 saturated heterocycles. The minimum atomic E-state index is -0.647. The largest absolute Gasteiger partial charge is 0.497 e. The van der Waals surface area contributed by atoms with E-state index in [1.807, 2.05) is 48.5 Å². The fourth-order valence-electron chi connectivity index (χ4n) is 3.52. The highest BCUT2D eigenvalue weighted by atomic mass is 35.5. The van der Waals surface area contributed by atoms with Crippen LogP contribution in [-0.4, -0.2) is 36.4 Å². The van der Waals surface area contributed by atoms with E-state index in [4.69, 9.17) is 27.9 Å². The molecule has 0 aliphatic rings. The number of ether oxygens (including phenoxy) is 1. The zero-order valence-corrected chi connectivity index (χ0v) is 20.8. The molecule has 34 heavy (non-hydrogen) atoms. The first kappa shape index (κ1) is 25.6. The Morgan fingerprint density at radius 3 is 1.94 bits per heavy atom. The summed E-state index contributed by atoms with van der Waals surface area (Å²) < 4.78 is 5.17. The van der Waals surface area contributed by atoms with Gasteiger partial charge in [-0.3, -0.25) is 9.59 Å². The molecule has 1 unspecified atom stereocenters. The second-order valence-electron chi connectivity index (χ2n) is 8.02. The SMILES string of the molecule is COc1ccc(CCNC(=O)C(C)N(Cc2ccc(Cl)cc2)C(=O)Cc2ccc(Cl)cc2)cc1. The Morgan fingerprint density at radius 2 is 1.38 bits per heavy atom. The quantitative estimate of drug-likeness (QED) is 0.411. The first-order valence-corrected chi connectivity index (χ1v) is 11.8. The number of carbonyl (C=O) groups excluding carboxylic acids is 2. The summed E-state index contributed by atoms with van der Waals surface area (Å²) in [5, 5.41) is 4.19. The number of carbonyl (C=O) groups is 2. The molecule has 3 aromatic carbocycles. The van der Waals surface area contributed by atoms with Crippen LogP contribution in [0.3, 0.4) is 0 Å². The summed E-state index contributed by atoms with van der Waals surface area (Å²) in [4.78, 5) is 27.8. The van der Waals surface area contributed by atoms with E-state index < -0.39 is 6.04 Å². The van der Waals surface area contributed by atoms with Gasteiger partial charge in [0.1, 0.15) is 11.8 Å². The summed E-state index contributed by atoms with van der Waals surface area (Å²) in [6.45, 7) is 2.52. The molecule has 0 spiro atoms. The smallest absolute Gasteiger partial charge is 0.242 e. The fraction of sp³-hybridized carbons (Fsp3) is 0.259. The van der Waals surface area contributed by atoms with E-state index in [0.29, 0.717) is 29.6 Å². The van der Waals surface area contributed by atoms with E-state index in [-0.39, 0.29) is 18.2 Å². The first-order chi connectivity index (χ1) is 16.4. The summed E-state index contributed by atoms with van der Waals surface area (Å²) in [6.07, 6.45) is 0.854. The van der Waals surface area contributed by atoms with Gasteiger partial charge in [-0.2, -0.15) is 0 Å². The zero-order valence-electron chi connectivity index (χ0n) is 19.3. The van der Waals surface area contributed by atoms with E-state index in [2.05, 4.69) is 5.32 Å². The molecule has 0 radical (unpaired) electrons. The van der Waals surface area contributed by atoms with Crippen LogP contribution in [0.4, 0.5) is 0 Å². The summed E-state index contributed by atoms with van der Waals surface area (Å²) in [5.41, 5.74) is 2.82. The summed E-state index contributed by atoms with van der Waals surface area (Å²) in [7, 11) is 1.63. The second kappa shape index (κ2) is 12.4. The van der Waals surface area contributed by atoms with Gasteiger partial charge < -0.3 is 15.0 Å². The number of rotatable bonds is 10. The Bertz CT molecular complexity index is 1080. The van der Waals surface area contributed by atoms with Gasteiger partial charge in [-0.25, -0.2) is 0 Å². The monoisotopic (exact) mass is 498 g/mol. The van der Waals surface area contributed by atoms with Crippen molar-refractivity contribution in [3.63, 3.8) is 0 Å². The maximum atomic E-state index is 13.2. The number of hydrogen-bond donors (Lipinski definition) is 1. The molecule has 0 bridgehead atoms. The zero-order chi connectivity index (χ0) is 24.5. The lowest BCUT2D eigenvalue weighted by atomic mass is 10.1. The van der Waals surface area contributed by atoms with Crippen molar-refractivity contribution in [1.29, 1.82) is 0 Å². The van der Waals surface area contributed by atoms with Crippen LogP contribution in [-0.2, 0) is 29.0 Å². The third-order valence-corrected chi connectivity index (χ3v) is 6.08. The number of nitrogens with zero attached hydrogens (tertiary/aromatic N) is 1. The molecule has 0 aliphatic carbocycles. The molecule has 178 valence electrons. The van der Waals surface area contributed by atoms with E-state index in [0.717, 1.165) is 22.4 Å². The highest BCUT2D eigenvalue weighted by Gasteiger charge is 2.26. The maximum absolute atomic E-state index is 13.2. The van der Waals surface area contributed by atoms with Crippen LogP contribution in [0, 0.1) is 0 Å². The Labute approximate surface area is 210 Å². The number of amides is 2. The highest BCUT2D eigenvalue weighted by Crippen LogP contribution is 2.17. The van der Waals surface area contributed by atoms with Crippen LogP contribution in [0.15, 0.2) is 72.8 Å². The van der Waals surface area contributed by atoms with Crippen LogP contribution >= 0.6 is 23.2 Å². The molecule has 0 fully saturated rings. The van der Waals surface area contributed by atoms with E-state index in [1.165, 1.54) is 0 Å². The molecular formula is C27H28Cl2N2O3. The van der Waals surface area contributed by atoms with Crippen molar-refractivity contribution in [2.24, 2.45) is 0 Å². The molecule has 3 aromatic rings. The summed E-state index contributed by atoms with van der Waals surface area (Å²) in [5.74, 6) is 0.445. The van der Waals surface area contributed by atoms with Gasteiger partial charge in [-0.1, -0.05) is 59.6 Å². The predicted molar refractivity (Wildman–Crippen MR) is 136 cm³/mol. The van der Waals surface area contributed by atoms with Crippen molar-refractivity contribution in [3.8, 4) is 5.75 Å². The maximum Gasteiger partial charge on any atom is 0.242 e. The molecule has 1 N–H and O–H groups in total. The Hall–Kier alpha value is -3.02. The molecule has 0 aliphatic heterocycles. The molecule has 0 saturated carbocycles. The van der Waals surface area contributed by atoms with Gasteiger partial charge in [0.05, 0.1) is 13.5 Å². The summed E-state index contributed by atoms with van der Waals surface area (Å²) in [6, 6.07) is 21.5. The van der Waals surface area contributed by atoms with Crippen molar-refractivity contribution in [1.82, 2.24) is 10.2 Å². The van der Waals surface area contributed by atoms with Gasteiger partial charge >= 0.3 is 0 Å². The molecule has 2 amide bonds. The number of nitrogens with one attached hydrogen (secondary N) is 1. The normalized spacial score (nSPS) is 11.5. The van der Waals surface area contributed by atoms with Crippen LogP contribution < -0.4 is 10.1 Å². The van der Waals surface area contributed by atoms with Crippen molar-refractivity contribution < 1.29 is 14.3 Å². The van der Waals surface area contributed by atoms with Crippen LogP contribution in [0.2, 0.25) is 10.0 Å². The predicted octanol–water partition coefficient (Wildman–Crippen LogP) is 5.32. The Kier molecular flexibility index (Phi) is 9.37. The van der Waals surface area contributed by atoms with Gasteiger partial charge in [-0.05, 0) is 66.4 Å². The van der Waals surface area contributed by atoms with E-state index in [1.54, 1.807) is 43.2 Å². The molecule has 0 heterocycles. The number of methoxy groups -OCH3 is 1. The lowest BCUT2D eigenvalue weighted by Gasteiger charge is -2.29. The van der Waals surface area contributed by atoms with Crippen LogP contribution in [0.25, 0.3) is 0 Å². The first-order valence-electron chi connectivity index (χ1n) is 11.0. The fourth-order valence-corrected chi connectivity index (χ4v) is 3.77. The van der Waals surface area contributed by atoms with Gasteiger partial charge in [0, 0.05) is 23.1 Å². The van der Waals surface area contributed by atoms with Crippen molar-refractivity contribution in [2.75, 3.05) is 13.7 Å². The topological polar surface area (TPSA) is 58.6 Å². The lowest BCUT2D eigenvalue weighted by molar-refractivity contribution is -0.140. The van der Waals surface area contributed by atoms with Crippen molar-refractivity contribution in [3.05, 3.63) is 99.5 Å². The molecular weight excluding hydrogens is 471 g/mol. The number of benzene rings is 3. The van der Waals surface area contributed by atoms with Crippen molar-refractivity contribution >= 4 is 35.0 Å². The minimum Gasteiger partial charge on any atom is -0.497 e. The molecule has 7 heteroatoms. The standard InChI is InChI=1S/C27H28Cl2N2O3/c1-19(27(33)30-16-15-20-7-13-25(34-2)14-8-20)31(18-22-5-11-24(29)12-6-22)26(32)17-21-3-9-23(28)10-4-21/h3-14,19H,15-18H2,1-2H3,(H,30,33). The summed E-state index contributed by atoms with van der Waals surface area (Å²) >= 11 is 12.0. The van der Waals surface area contributed by atoms with Gasteiger partial charge in [-0.15, -0.1) is 0 Å². The highest BCUT2D eigenvalue weighted by molar-refractivity contribution is 6.30. The molecule has 0 aromatic heterocycles. The Balaban J connectivity index is 1.66. The van der Waals surface area contributed by atoms with Gasteiger partial charge in [0.15, 0.2) is 0 Å². The third-order valence-electron chi connectivity index (χ3n) is 5.57. The third kappa shape index (κ3) is 7.51. The average Bonchev–Trinajstić information content (AvgIpc) is 2.85. The van der Waals surface area contributed by atoms with E-state index in [9.17, 15) is 9.59 Å². The number of hydrogen-bond acceptors (Lipinski definition) is 3. The minimum absolute atomic E-state index is 0.143. The average molecular weight is 499 g/mol. The van der Waals surface area contributed by atoms with Gasteiger partial charge in [0.2, 0.25) is 11.8 Å². The van der Waals surface area contributed by atoms with E-state index >= 15 is 0 Å². The van der Waals surface area contributed by atoms with Crippen LogP contribution in [0.1, 0.15) is 23.6 Å². The van der Waals surface area contributed by atoms with Crippen molar-refractivity contribution in [2.45, 2.75) is 32.4 Å². The Morgan fingerprint density at radius 1 is 0.853 bits per heavy atom. The van der Waals surface area contributed by atoms with Crippen LogP contribution in [0.5, 0.6) is 5.75 Å². The lowest BCUT2D eigenvalue weighted by Crippen LogP contribution is -2.48. The molecule has 5 nitrogen and oxygen atoms in total. The molecule has 3 rings (SSSR count).